The molecule has 0 amide bonds. The van der Waals surface area contributed by atoms with E-state index in [1.807, 2.05) is 12.3 Å². The molecule has 0 atom stereocenters. The van der Waals surface area contributed by atoms with Crippen LogP contribution in [0.25, 0.3) is 10.2 Å². The van der Waals surface area contributed by atoms with E-state index in [9.17, 15) is 19.0 Å². The molecule has 0 saturated carbocycles. The lowest BCUT2D eigenvalue weighted by Gasteiger charge is -2.34. The molecule has 1 aromatic carbocycles. The standard InChI is InChI=1S/C18H19N3O4S2/c1-2-3-9-21-12-8-10-26-16(12)15(22)14(18(21)23)17-19-11-6-4-5-7-13(11)27(24,25)20-17/h4-8,10,22,24-25H,2-3,9H2,1H3,(H,19,20). The summed E-state index contributed by atoms with van der Waals surface area (Å²) in [5.41, 5.74) is 0.666. The van der Waals surface area contributed by atoms with Gasteiger partial charge in [0.25, 0.3) is 5.56 Å². The minimum atomic E-state index is -3.47. The number of hydrogen-bond acceptors (Lipinski definition) is 7. The van der Waals surface area contributed by atoms with Crippen LogP contribution >= 0.6 is 22.1 Å². The quantitative estimate of drug-likeness (QED) is 0.512. The third-order valence-electron chi connectivity index (χ3n) is 4.47. The zero-order chi connectivity index (χ0) is 19.2. The first kappa shape index (κ1) is 18.1. The van der Waals surface area contributed by atoms with Crippen LogP contribution in [-0.4, -0.2) is 24.6 Å². The van der Waals surface area contributed by atoms with Gasteiger partial charge in [0.15, 0.2) is 11.6 Å². The number of aromatic nitrogens is 1. The topological polar surface area (TPSA) is 107 Å². The lowest BCUT2D eigenvalue weighted by Crippen LogP contribution is -2.32. The van der Waals surface area contributed by atoms with Crippen LogP contribution < -0.4 is 10.9 Å². The molecular weight excluding hydrogens is 386 g/mol. The summed E-state index contributed by atoms with van der Waals surface area (Å²) in [6.45, 7) is 2.55. The normalized spacial score (nSPS) is 16.5. The summed E-state index contributed by atoms with van der Waals surface area (Å²) in [5, 5.41) is 15.5. The number of hydrogen-bond donors (Lipinski definition) is 4. The molecular formula is C18H19N3O4S2. The highest BCUT2D eigenvalue weighted by atomic mass is 32.3. The van der Waals surface area contributed by atoms with E-state index in [0.717, 1.165) is 12.8 Å². The monoisotopic (exact) mass is 405 g/mol. The van der Waals surface area contributed by atoms with Gasteiger partial charge < -0.3 is 15.0 Å². The first-order chi connectivity index (χ1) is 12.9. The molecule has 9 heteroatoms. The van der Waals surface area contributed by atoms with Crippen LogP contribution in [-0.2, 0) is 6.54 Å². The van der Waals surface area contributed by atoms with Gasteiger partial charge in [0, 0.05) is 6.54 Å². The summed E-state index contributed by atoms with van der Waals surface area (Å²) in [7, 11) is -3.47. The van der Waals surface area contributed by atoms with Crippen molar-refractivity contribution in [3.63, 3.8) is 0 Å². The molecule has 0 unspecified atom stereocenters. The Bertz CT molecular complexity index is 1120. The Labute approximate surface area is 161 Å². The van der Waals surface area contributed by atoms with E-state index in [-0.39, 0.29) is 22.0 Å². The fourth-order valence-corrected chi connectivity index (χ4v) is 5.16. The molecule has 0 radical (unpaired) electrons. The largest absolute Gasteiger partial charge is 0.505 e. The van der Waals surface area contributed by atoms with Gasteiger partial charge in [-0.05, 0) is 30.0 Å². The molecule has 1 aliphatic heterocycles. The van der Waals surface area contributed by atoms with E-state index in [1.54, 1.807) is 34.9 Å². The molecule has 0 fully saturated rings. The van der Waals surface area contributed by atoms with Crippen molar-refractivity contribution in [1.29, 1.82) is 0 Å². The van der Waals surface area contributed by atoms with Crippen molar-refractivity contribution in [3.8, 4) is 5.75 Å². The summed E-state index contributed by atoms with van der Waals surface area (Å²) in [6.07, 6.45) is 1.73. The van der Waals surface area contributed by atoms with Crippen molar-refractivity contribution in [2.24, 2.45) is 4.40 Å². The van der Waals surface area contributed by atoms with Crippen molar-refractivity contribution in [1.82, 2.24) is 4.57 Å². The van der Waals surface area contributed by atoms with Crippen LogP contribution in [0.4, 0.5) is 5.69 Å². The average molecular weight is 406 g/mol. The van der Waals surface area contributed by atoms with Crippen molar-refractivity contribution in [2.45, 2.75) is 31.2 Å². The second-order valence-corrected chi connectivity index (χ2v) is 8.82. The van der Waals surface area contributed by atoms with Gasteiger partial charge in [-0.3, -0.25) is 13.9 Å². The van der Waals surface area contributed by atoms with Crippen molar-refractivity contribution in [2.75, 3.05) is 5.32 Å². The number of benzene rings is 1. The predicted molar refractivity (Wildman–Crippen MR) is 110 cm³/mol. The summed E-state index contributed by atoms with van der Waals surface area (Å²) >= 11 is 1.32. The van der Waals surface area contributed by atoms with Gasteiger partial charge in [-0.25, -0.2) is 0 Å². The number of anilines is 1. The third-order valence-corrected chi connectivity index (χ3v) is 6.77. The molecule has 1 aliphatic rings. The summed E-state index contributed by atoms with van der Waals surface area (Å²) in [6, 6.07) is 8.47. The Balaban J connectivity index is 1.95. The van der Waals surface area contributed by atoms with Gasteiger partial charge in [0.2, 0.25) is 0 Å². The number of pyridine rings is 1. The van der Waals surface area contributed by atoms with E-state index in [1.165, 1.54) is 11.3 Å². The molecule has 0 saturated heterocycles. The number of para-hydroxylation sites is 1. The number of nitrogens with zero attached hydrogens (tertiary/aromatic N) is 2. The number of thiophene rings is 1. The fraction of sp³-hybridized carbons (Fsp3) is 0.222. The number of nitrogens with one attached hydrogen (secondary N) is 1. The number of aromatic hydroxyl groups is 1. The second-order valence-electron chi connectivity index (χ2n) is 6.25. The molecule has 0 spiro atoms. The summed E-state index contributed by atoms with van der Waals surface area (Å²) < 4.78 is 27.1. The molecule has 2 aromatic heterocycles. The average Bonchev–Trinajstić information content (AvgIpc) is 3.11. The van der Waals surface area contributed by atoms with Gasteiger partial charge in [-0.1, -0.05) is 36.3 Å². The lowest BCUT2D eigenvalue weighted by molar-refractivity contribution is 0.477. The number of aryl methyl sites for hydroxylation is 1. The van der Waals surface area contributed by atoms with Crippen LogP contribution in [0.1, 0.15) is 25.3 Å². The summed E-state index contributed by atoms with van der Waals surface area (Å²) in [4.78, 5) is 13.4. The first-order valence-corrected chi connectivity index (χ1v) is 10.9. The molecule has 7 nitrogen and oxygen atoms in total. The molecule has 3 heterocycles. The predicted octanol–water partition coefficient (Wildman–Crippen LogP) is 4.47. The van der Waals surface area contributed by atoms with Gasteiger partial charge in [-0.2, -0.15) is 0 Å². The second kappa shape index (κ2) is 6.68. The van der Waals surface area contributed by atoms with Crippen LogP contribution in [0.15, 0.2) is 49.8 Å². The molecule has 27 heavy (non-hydrogen) atoms. The number of amidine groups is 1. The Morgan fingerprint density at radius 1 is 1.26 bits per heavy atom. The molecule has 142 valence electrons. The molecule has 0 aliphatic carbocycles. The molecule has 0 bridgehead atoms. The first-order valence-electron chi connectivity index (χ1n) is 8.51. The van der Waals surface area contributed by atoms with E-state index >= 15 is 0 Å². The lowest BCUT2D eigenvalue weighted by atomic mass is 10.2. The van der Waals surface area contributed by atoms with E-state index in [0.29, 0.717) is 22.4 Å². The Morgan fingerprint density at radius 2 is 2.04 bits per heavy atom. The SMILES string of the molecule is CCCCn1c(=O)c(C2=NS(O)(O)c3ccccc3N2)c(O)c2sccc21. The van der Waals surface area contributed by atoms with Gasteiger partial charge in [-0.15, -0.1) is 15.7 Å². The Morgan fingerprint density at radius 3 is 2.81 bits per heavy atom. The molecule has 4 rings (SSSR count). The maximum absolute atomic E-state index is 13.2. The minimum absolute atomic E-state index is 0.0308. The van der Waals surface area contributed by atoms with E-state index in [4.69, 9.17) is 0 Å². The van der Waals surface area contributed by atoms with Gasteiger partial charge in [0.05, 0.1) is 15.9 Å². The third kappa shape index (κ3) is 2.92. The summed E-state index contributed by atoms with van der Waals surface area (Å²) in [5.74, 6) is -0.227. The Kier molecular flexibility index (Phi) is 4.47. The maximum Gasteiger partial charge on any atom is 0.265 e. The zero-order valence-corrected chi connectivity index (χ0v) is 16.2. The highest BCUT2D eigenvalue weighted by Gasteiger charge is 2.30. The van der Waals surface area contributed by atoms with Crippen LogP contribution in [0, 0.1) is 0 Å². The van der Waals surface area contributed by atoms with Gasteiger partial charge in [0.1, 0.15) is 10.5 Å². The molecule has 4 N–H and O–H groups in total. The van der Waals surface area contributed by atoms with Crippen LogP contribution in [0.5, 0.6) is 5.75 Å². The smallest absolute Gasteiger partial charge is 0.265 e. The number of rotatable bonds is 4. The minimum Gasteiger partial charge on any atom is -0.505 e. The van der Waals surface area contributed by atoms with Crippen LogP contribution in [0.3, 0.4) is 0 Å². The maximum atomic E-state index is 13.2. The number of unbranched alkanes of at least 4 members (excludes halogenated alkanes) is 1. The van der Waals surface area contributed by atoms with Crippen molar-refractivity contribution in [3.05, 3.63) is 51.6 Å². The van der Waals surface area contributed by atoms with E-state index < -0.39 is 16.3 Å². The zero-order valence-electron chi connectivity index (χ0n) is 14.5. The van der Waals surface area contributed by atoms with Crippen molar-refractivity contribution >= 4 is 43.9 Å². The highest BCUT2D eigenvalue weighted by molar-refractivity contribution is 8.23. The Hall–Kier alpha value is -2.33. The van der Waals surface area contributed by atoms with Crippen LogP contribution in [0.2, 0.25) is 0 Å². The highest BCUT2D eigenvalue weighted by Crippen LogP contribution is 2.55. The van der Waals surface area contributed by atoms with Crippen molar-refractivity contribution < 1.29 is 14.2 Å². The van der Waals surface area contributed by atoms with E-state index in [2.05, 4.69) is 9.71 Å². The fourth-order valence-electron chi connectivity index (χ4n) is 3.15. The number of fused-ring (bicyclic) bond motifs is 2. The van der Waals surface area contributed by atoms with Gasteiger partial charge >= 0.3 is 0 Å². The molecule has 3 aromatic rings.